The van der Waals surface area contributed by atoms with Gasteiger partial charge >= 0.3 is 0 Å². The fourth-order valence-corrected chi connectivity index (χ4v) is 5.46. The van der Waals surface area contributed by atoms with Crippen LogP contribution < -0.4 is 10.2 Å². The average molecular weight is 542 g/mol. The van der Waals surface area contributed by atoms with E-state index in [1.807, 2.05) is 35.5 Å². The maximum Gasteiger partial charge on any atom is 0.255 e. The van der Waals surface area contributed by atoms with Crippen molar-refractivity contribution in [2.24, 2.45) is 0 Å². The number of carbonyl (C=O) groups excluding carboxylic acids is 2. The highest BCUT2D eigenvalue weighted by molar-refractivity contribution is 5.94. The number of amides is 2. The third-order valence-corrected chi connectivity index (χ3v) is 7.67. The molecule has 208 valence electrons. The second kappa shape index (κ2) is 11.9. The molecule has 10 heteroatoms. The Morgan fingerprint density at radius 2 is 1.75 bits per heavy atom. The Hall–Kier alpha value is -4.18. The zero-order valence-corrected chi connectivity index (χ0v) is 22.7. The first-order valence-electron chi connectivity index (χ1n) is 14.1. The summed E-state index contributed by atoms with van der Waals surface area (Å²) in [4.78, 5) is 40.8. The number of morpholine rings is 1. The number of ether oxygens (including phenoxy) is 1. The Morgan fingerprint density at radius 1 is 0.925 bits per heavy atom. The topological polar surface area (TPSA) is 95.8 Å². The molecule has 3 aliphatic heterocycles. The first-order chi connectivity index (χ1) is 19.6. The normalized spacial score (nSPS) is 17.6. The summed E-state index contributed by atoms with van der Waals surface area (Å²) in [6, 6.07) is 11.8. The molecule has 0 radical (unpaired) electrons. The van der Waals surface area contributed by atoms with Crippen LogP contribution in [0.25, 0.3) is 5.70 Å². The second-order valence-electron chi connectivity index (χ2n) is 10.5. The van der Waals surface area contributed by atoms with Crippen LogP contribution in [0.1, 0.15) is 47.4 Å². The molecule has 5 heterocycles. The average Bonchev–Trinajstić information content (AvgIpc) is 3.31. The van der Waals surface area contributed by atoms with Gasteiger partial charge in [-0.2, -0.15) is 0 Å². The molecule has 2 fully saturated rings. The zero-order valence-electron chi connectivity index (χ0n) is 22.7. The van der Waals surface area contributed by atoms with Crippen molar-refractivity contribution in [3.05, 3.63) is 78.1 Å². The number of benzene rings is 1. The summed E-state index contributed by atoms with van der Waals surface area (Å²) in [6.45, 7) is 4.64. The van der Waals surface area contributed by atoms with Gasteiger partial charge in [0.25, 0.3) is 5.91 Å². The van der Waals surface area contributed by atoms with Gasteiger partial charge in [-0.3, -0.25) is 9.59 Å². The number of rotatable bonds is 6. The van der Waals surface area contributed by atoms with Crippen LogP contribution in [0.5, 0.6) is 0 Å². The molecule has 0 atom stereocenters. The number of hydrogen-bond acceptors (Lipinski definition) is 7. The number of anilines is 2. The van der Waals surface area contributed by atoms with Gasteiger partial charge in [-0.05, 0) is 42.7 Å². The maximum absolute atomic E-state index is 13.0. The minimum Gasteiger partial charge on any atom is -0.378 e. The minimum absolute atomic E-state index is 0.0323. The molecular weight excluding hydrogens is 506 g/mol. The van der Waals surface area contributed by atoms with Crippen LogP contribution in [0.3, 0.4) is 0 Å². The lowest BCUT2D eigenvalue weighted by molar-refractivity contribution is -0.130. The van der Waals surface area contributed by atoms with E-state index < -0.39 is 0 Å². The Bertz CT molecular complexity index is 1370. The highest BCUT2D eigenvalue weighted by Crippen LogP contribution is 2.27. The molecule has 3 aliphatic rings. The predicted octanol–water partition coefficient (Wildman–Crippen LogP) is 3.58. The zero-order chi connectivity index (χ0) is 27.3. The summed E-state index contributed by atoms with van der Waals surface area (Å²) in [7, 11) is 0. The third kappa shape index (κ3) is 5.86. The van der Waals surface area contributed by atoms with Crippen molar-refractivity contribution in [3.8, 4) is 0 Å². The van der Waals surface area contributed by atoms with Crippen LogP contribution in [0.4, 0.5) is 11.5 Å². The SMILES string of the molecule is O=C(Cc1cccc(N2C=C(Nc3ccc(C(=O)N4CCOCC4)cn3)c3nccn3C2)c1)N1CCCCCC1. The predicted molar refractivity (Wildman–Crippen MR) is 152 cm³/mol. The summed E-state index contributed by atoms with van der Waals surface area (Å²) >= 11 is 0. The van der Waals surface area contributed by atoms with Gasteiger partial charge in [0, 0.05) is 56.7 Å². The fraction of sp³-hybridized carbons (Fsp3) is 0.400. The van der Waals surface area contributed by atoms with E-state index in [-0.39, 0.29) is 11.8 Å². The number of hydrogen-bond donors (Lipinski definition) is 1. The molecule has 10 nitrogen and oxygen atoms in total. The molecule has 3 aromatic rings. The molecule has 0 bridgehead atoms. The molecule has 0 spiro atoms. The van der Waals surface area contributed by atoms with E-state index in [0.29, 0.717) is 50.8 Å². The molecule has 0 saturated carbocycles. The number of fused-ring (bicyclic) bond motifs is 1. The van der Waals surface area contributed by atoms with Crippen molar-refractivity contribution < 1.29 is 14.3 Å². The standard InChI is InChI=1S/C30H35N7O3/c38-28(34-11-3-1-2-4-12-34)19-23-6-5-7-25(18-23)37-21-26(29-31-10-13-36(29)22-37)33-27-9-8-24(20-32-27)30(39)35-14-16-40-17-15-35/h5-10,13,18,20-21H,1-4,11-12,14-17,19,22H2,(H,32,33). The van der Waals surface area contributed by atoms with Gasteiger partial charge in [0.05, 0.1) is 30.9 Å². The van der Waals surface area contributed by atoms with Gasteiger partial charge in [0.15, 0.2) is 5.82 Å². The number of nitrogens with zero attached hydrogens (tertiary/aromatic N) is 6. The van der Waals surface area contributed by atoms with E-state index in [4.69, 9.17) is 4.74 Å². The molecule has 0 aliphatic carbocycles. The summed E-state index contributed by atoms with van der Waals surface area (Å²) in [6.07, 6.45) is 12.4. The molecule has 2 amide bonds. The quantitative estimate of drug-likeness (QED) is 0.510. The van der Waals surface area contributed by atoms with Crippen molar-refractivity contribution in [3.63, 3.8) is 0 Å². The first kappa shape index (κ1) is 26.1. The fourth-order valence-electron chi connectivity index (χ4n) is 5.46. The van der Waals surface area contributed by atoms with Crippen molar-refractivity contribution in [1.29, 1.82) is 0 Å². The van der Waals surface area contributed by atoms with Crippen LogP contribution in [0.15, 0.2) is 61.2 Å². The lowest BCUT2D eigenvalue weighted by atomic mass is 10.1. The van der Waals surface area contributed by atoms with Crippen molar-refractivity contribution in [2.75, 3.05) is 49.6 Å². The largest absolute Gasteiger partial charge is 0.378 e. The molecule has 1 aromatic carbocycles. The molecule has 40 heavy (non-hydrogen) atoms. The Balaban J connectivity index is 1.17. The van der Waals surface area contributed by atoms with Gasteiger partial charge in [-0.25, -0.2) is 9.97 Å². The van der Waals surface area contributed by atoms with Gasteiger partial charge < -0.3 is 29.3 Å². The van der Waals surface area contributed by atoms with Crippen LogP contribution in [-0.2, 0) is 22.6 Å². The third-order valence-electron chi connectivity index (χ3n) is 7.67. The van der Waals surface area contributed by atoms with Crippen LogP contribution in [-0.4, -0.2) is 75.5 Å². The highest BCUT2D eigenvalue weighted by atomic mass is 16.5. The summed E-state index contributed by atoms with van der Waals surface area (Å²) in [5.41, 5.74) is 3.36. The monoisotopic (exact) mass is 541 g/mol. The van der Waals surface area contributed by atoms with Gasteiger partial charge in [-0.15, -0.1) is 0 Å². The molecular formula is C30H35N7O3. The van der Waals surface area contributed by atoms with E-state index in [1.54, 1.807) is 23.4 Å². The molecule has 2 aromatic heterocycles. The second-order valence-corrected chi connectivity index (χ2v) is 10.5. The van der Waals surface area contributed by atoms with E-state index >= 15 is 0 Å². The number of imidazole rings is 1. The first-order valence-corrected chi connectivity index (χ1v) is 14.1. The van der Waals surface area contributed by atoms with Gasteiger partial charge in [0.1, 0.15) is 12.5 Å². The van der Waals surface area contributed by atoms with Crippen LogP contribution >= 0.6 is 0 Å². The number of pyridine rings is 1. The number of aromatic nitrogens is 3. The van der Waals surface area contributed by atoms with Crippen molar-refractivity contribution >= 4 is 29.0 Å². The van der Waals surface area contributed by atoms with E-state index in [2.05, 4.69) is 36.9 Å². The van der Waals surface area contributed by atoms with E-state index in [9.17, 15) is 9.59 Å². The summed E-state index contributed by atoms with van der Waals surface area (Å²) < 4.78 is 7.41. The highest BCUT2D eigenvalue weighted by Gasteiger charge is 2.22. The molecule has 0 unspecified atom stereocenters. The minimum atomic E-state index is -0.0323. The van der Waals surface area contributed by atoms with Crippen molar-refractivity contribution in [2.45, 2.75) is 38.8 Å². The Morgan fingerprint density at radius 3 is 2.52 bits per heavy atom. The Kier molecular flexibility index (Phi) is 7.76. The Labute approximate surface area is 234 Å². The van der Waals surface area contributed by atoms with Crippen molar-refractivity contribution in [1.82, 2.24) is 24.3 Å². The van der Waals surface area contributed by atoms with Gasteiger partial charge in [-0.1, -0.05) is 25.0 Å². The number of nitrogens with one attached hydrogen (secondary N) is 1. The van der Waals surface area contributed by atoms with E-state index in [1.165, 1.54) is 12.8 Å². The summed E-state index contributed by atoms with van der Waals surface area (Å²) in [5.74, 6) is 1.60. The maximum atomic E-state index is 13.0. The van der Waals surface area contributed by atoms with Gasteiger partial charge in [0.2, 0.25) is 5.91 Å². The number of carbonyl (C=O) groups is 2. The molecule has 6 rings (SSSR count). The van der Waals surface area contributed by atoms with Crippen LogP contribution in [0, 0.1) is 0 Å². The van der Waals surface area contributed by atoms with E-state index in [0.717, 1.165) is 48.7 Å². The smallest absolute Gasteiger partial charge is 0.255 e. The lowest BCUT2D eigenvalue weighted by Crippen LogP contribution is -2.40. The summed E-state index contributed by atoms with van der Waals surface area (Å²) in [5, 5.41) is 3.38. The molecule has 2 saturated heterocycles. The number of likely N-dealkylation sites (tertiary alicyclic amines) is 1. The van der Waals surface area contributed by atoms with Crippen LogP contribution in [0.2, 0.25) is 0 Å². The molecule has 1 N–H and O–H groups in total. The lowest BCUT2D eigenvalue weighted by Gasteiger charge is -2.29.